The number of hydrogen-bond acceptors (Lipinski definition) is 5. The number of imide groups is 1. The molecule has 1 atom stereocenters. The molecule has 0 aliphatic carbocycles. The molecule has 27 heavy (non-hydrogen) atoms. The van der Waals surface area contributed by atoms with Crippen LogP contribution in [0.2, 0.25) is 5.02 Å². The highest BCUT2D eigenvalue weighted by Crippen LogP contribution is 2.24. The molecule has 0 radical (unpaired) electrons. The molecule has 1 aromatic rings. The highest BCUT2D eigenvalue weighted by molar-refractivity contribution is 6.30. The minimum absolute atomic E-state index is 0.415. The van der Waals surface area contributed by atoms with Gasteiger partial charge in [-0.15, -0.1) is 0 Å². The molecule has 2 rings (SSSR count). The maximum Gasteiger partial charge on any atom is 0.327 e. The first-order valence-electron chi connectivity index (χ1n) is 8.62. The molecule has 1 aromatic carbocycles. The molecule has 0 unspecified atom stereocenters. The summed E-state index contributed by atoms with van der Waals surface area (Å²) in [4.78, 5) is 49.6. The number of esters is 1. The normalized spacial score (nSPS) is 16.7. The predicted octanol–water partition coefficient (Wildman–Crippen LogP) is 2.32. The molecular weight excluding hydrogens is 374 g/mol. The van der Waals surface area contributed by atoms with Gasteiger partial charge in [0.2, 0.25) is 0 Å². The Bertz CT molecular complexity index is 763. The number of anilines is 1. The molecule has 1 heterocycles. The molecule has 8 nitrogen and oxygen atoms in total. The van der Waals surface area contributed by atoms with E-state index in [1.807, 2.05) is 0 Å². The third-order valence-electron chi connectivity index (χ3n) is 4.51. The standard InChI is InChI=1S/C18H22ClN3O5/c1-4-18(5-2)16(25)22(17(26)21-18)10-14(23)27-11(3)15(24)20-13-8-6-7-12(19)9-13/h6-9,11H,4-5,10H2,1-3H3,(H,20,24)(H,21,26)/t11-/m0/s1. The van der Waals surface area contributed by atoms with E-state index < -0.39 is 42.0 Å². The first-order chi connectivity index (χ1) is 12.7. The highest BCUT2D eigenvalue weighted by atomic mass is 35.5. The van der Waals surface area contributed by atoms with E-state index in [0.29, 0.717) is 23.6 Å². The second kappa shape index (κ2) is 8.39. The predicted molar refractivity (Wildman–Crippen MR) is 99.2 cm³/mol. The molecule has 0 spiro atoms. The molecule has 0 saturated carbocycles. The van der Waals surface area contributed by atoms with Crippen molar-refractivity contribution in [1.82, 2.24) is 10.2 Å². The third-order valence-corrected chi connectivity index (χ3v) is 4.74. The molecule has 2 N–H and O–H groups in total. The lowest BCUT2D eigenvalue weighted by Crippen LogP contribution is -2.46. The highest BCUT2D eigenvalue weighted by Gasteiger charge is 2.49. The van der Waals surface area contributed by atoms with Crippen molar-refractivity contribution in [2.24, 2.45) is 0 Å². The summed E-state index contributed by atoms with van der Waals surface area (Å²) in [7, 11) is 0. The van der Waals surface area contributed by atoms with Crippen molar-refractivity contribution in [3.05, 3.63) is 29.3 Å². The van der Waals surface area contributed by atoms with Gasteiger partial charge in [0.05, 0.1) is 0 Å². The van der Waals surface area contributed by atoms with Crippen LogP contribution in [0.25, 0.3) is 0 Å². The smallest absolute Gasteiger partial charge is 0.327 e. The minimum atomic E-state index is -1.11. The Kier molecular flexibility index (Phi) is 6.43. The number of amides is 4. The van der Waals surface area contributed by atoms with Crippen molar-refractivity contribution in [1.29, 1.82) is 0 Å². The van der Waals surface area contributed by atoms with Crippen molar-refractivity contribution in [3.63, 3.8) is 0 Å². The van der Waals surface area contributed by atoms with Crippen molar-refractivity contribution >= 4 is 41.1 Å². The van der Waals surface area contributed by atoms with Crippen LogP contribution in [0.5, 0.6) is 0 Å². The van der Waals surface area contributed by atoms with E-state index in [1.54, 1.807) is 38.1 Å². The summed E-state index contributed by atoms with van der Waals surface area (Å²) < 4.78 is 5.05. The summed E-state index contributed by atoms with van der Waals surface area (Å²) in [5, 5.41) is 5.64. The number of rotatable bonds is 7. The van der Waals surface area contributed by atoms with Gasteiger partial charge < -0.3 is 15.4 Å². The van der Waals surface area contributed by atoms with Crippen LogP contribution in [-0.2, 0) is 19.1 Å². The fourth-order valence-electron chi connectivity index (χ4n) is 2.78. The maximum atomic E-state index is 12.5. The number of carbonyl (C=O) groups is 4. The van der Waals surface area contributed by atoms with Gasteiger partial charge in [0.25, 0.3) is 11.8 Å². The van der Waals surface area contributed by atoms with Gasteiger partial charge >= 0.3 is 12.0 Å². The lowest BCUT2D eigenvalue weighted by atomic mass is 9.93. The molecule has 146 valence electrons. The summed E-state index contributed by atoms with van der Waals surface area (Å²) in [6, 6.07) is 5.87. The first kappa shape index (κ1) is 20.7. The Morgan fingerprint density at radius 1 is 1.30 bits per heavy atom. The van der Waals surface area contributed by atoms with E-state index in [9.17, 15) is 19.2 Å². The van der Waals surface area contributed by atoms with Crippen LogP contribution in [0, 0.1) is 0 Å². The van der Waals surface area contributed by atoms with E-state index in [0.717, 1.165) is 4.90 Å². The van der Waals surface area contributed by atoms with Crippen LogP contribution >= 0.6 is 11.6 Å². The summed E-state index contributed by atoms with van der Waals surface area (Å²) in [5.41, 5.74) is -0.535. The first-order valence-corrected chi connectivity index (χ1v) is 9.00. The van der Waals surface area contributed by atoms with Gasteiger partial charge in [-0.1, -0.05) is 31.5 Å². The Hall–Kier alpha value is -2.61. The second-order valence-electron chi connectivity index (χ2n) is 6.24. The van der Waals surface area contributed by atoms with Crippen LogP contribution in [0.1, 0.15) is 33.6 Å². The van der Waals surface area contributed by atoms with Gasteiger partial charge in [-0.05, 0) is 38.0 Å². The number of halogens is 1. The van der Waals surface area contributed by atoms with Gasteiger partial charge in [-0.2, -0.15) is 0 Å². The fraction of sp³-hybridized carbons (Fsp3) is 0.444. The van der Waals surface area contributed by atoms with Crippen LogP contribution in [0.3, 0.4) is 0 Å². The van der Waals surface area contributed by atoms with E-state index in [4.69, 9.17) is 16.3 Å². The van der Waals surface area contributed by atoms with Gasteiger partial charge in [-0.25, -0.2) is 4.79 Å². The molecule has 1 aliphatic rings. The molecule has 1 aliphatic heterocycles. The lowest BCUT2D eigenvalue weighted by Gasteiger charge is -2.23. The van der Waals surface area contributed by atoms with Gasteiger partial charge in [0.1, 0.15) is 12.1 Å². The average Bonchev–Trinajstić information content (AvgIpc) is 2.86. The zero-order valence-electron chi connectivity index (χ0n) is 15.4. The minimum Gasteiger partial charge on any atom is -0.451 e. The summed E-state index contributed by atoms with van der Waals surface area (Å²) >= 11 is 5.85. The molecule has 4 amide bonds. The molecular formula is C18H22ClN3O5. The SMILES string of the molecule is CCC1(CC)NC(=O)N(CC(=O)O[C@@H](C)C(=O)Nc2cccc(Cl)c2)C1=O. The number of ether oxygens (including phenoxy) is 1. The van der Waals surface area contributed by atoms with Gasteiger partial charge in [-0.3, -0.25) is 19.3 Å². The quantitative estimate of drug-likeness (QED) is 0.544. The molecule has 1 saturated heterocycles. The Morgan fingerprint density at radius 2 is 1.96 bits per heavy atom. The number of nitrogens with one attached hydrogen (secondary N) is 2. The van der Waals surface area contributed by atoms with Crippen molar-refractivity contribution in [2.75, 3.05) is 11.9 Å². The fourth-order valence-corrected chi connectivity index (χ4v) is 2.97. The zero-order chi connectivity index (χ0) is 20.2. The number of benzene rings is 1. The Balaban J connectivity index is 1.94. The van der Waals surface area contributed by atoms with Crippen LogP contribution < -0.4 is 10.6 Å². The monoisotopic (exact) mass is 395 g/mol. The van der Waals surface area contributed by atoms with Gasteiger partial charge in [0.15, 0.2) is 6.10 Å². The molecule has 1 fully saturated rings. The van der Waals surface area contributed by atoms with Crippen LogP contribution in [0.15, 0.2) is 24.3 Å². The lowest BCUT2D eigenvalue weighted by molar-refractivity contribution is -0.155. The Labute approximate surface area is 162 Å². The van der Waals surface area contributed by atoms with E-state index >= 15 is 0 Å². The Morgan fingerprint density at radius 3 is 2.52 bits per heavy atom. The number of nitrogens with zero attached hydrogens (tertiary/aromatic N) is 1. The molecule has 0 aromatic heterocycles. The van der Waals surface area contributed by atoms with Crippen molar-refractivity contribution in [3.8, 4) is 0 Å². The topological polar surface area (TPSA) is 105 Å². The van der Waals surface area contributed by atoms with E-state index in [1.165, 1.54) is 6.92 Å². The van der Waals surface area contributed by atoms with E-state index in [-0.39, 0.29) is 0 Å². The van der Waals surface area contributed by atoms with E-state index in [2.05, 4.69) is 10.6 Å². The number of hydrogen-bond donors (Lipinski definition) is 2. The second-order valence-corrected chi connectivity index (χ2v) is 6.68. The van der Waals surface area contributed by atoms with Crippen molar-refractivity contribution in [2.45, 2.75) is 45.3 Å². The third kappa shape index (κ3) is 4.57. The largest absolute Gasteiger partial charge is 0.451 e. The maximum absolute atomic E-state index is 12.5. The van der Waals surface area contributed by atoms with Crippen LogP contribution in [0.4, 0.5) is 10.5 Å². The van der Waals surface area contributed by atoms with Crippen molar-refractivity contribution < 1.29 is 23.9 Å². The summed E-state index contributed by atoms with van der Waals surface area (Å²) in [5.74, 6) is -1.87. The summed E-state index contributed by atoms with van der Waals surface area (Å²) in [6.07, 6.45) is -0.282. The zero-order valence-corrected chi connectivity index (χ0v) is 16.1. The van der Waals surface area contributed by atoms with Crippen LogP contribution in [-0.4, -0.2) is 46.9 Å². The average molecular weight is 396 g/mol. The summed E-state index contributed by atoms with van der Waals surface area (Å²) in [6.45, 7) is 4.41. The number of carbonyl (C=O) groups excluding carboxylic acids is 4. The number of urea groups is 1. The van der Waals surface area contributed by atoms with Gasteiger partial charge in [0, 0.05) is 10.7 Å². The molecule has 0 bridgehead atoms. The molecule has 9 heteroatoms.